The van der Waals surface area contributed by atoms with Crippen molar-refractivity contribution in [3.05, 3.63) is 35.4 Å². The van der Waals surface area contributed by atoms with E-state index >= 15 is 0 Å². The lowest BCUT2D eigenvalue weighted by molar-refractivity contribution is -0.125. The molecule has 7 heteroatoms. The molecule has 2 bridgehead atoms. The Bertz CT molecular complexity index is 910. The quantitative estimate of drug-likeness (QED) is 0.590. The molecule has 1 aromatic carbocycles. The normalized spacial score (nSPS) is 28.1. The Morgan fingerprint density at radius 1 is 1.26 bits per heavy atom. The topological polar surface area (TPSA) is 97.7 Å². The lowest BCUT2D eigenvalue weighted by Crippen LogP contribution is -2.32. The summed E-state index contributed by atoms with van der Waals surface area (Å²) in [6, 6.07) is 6.00. The summed E-state index contributed by atoms with van der Waals surface area (Å²) in [6.45, 7) is 4.85. The summed E-state index contributed by atoms with van der Waals surface area (Å²) in [5.74, 6) is -0.316. The van der Waals surface area contributed by atoms with Crippen LogP contribution in [0, 0.1) is 16.7 Å². The van der Waals surface area contributed by atoms with E-state index < -0.39 is 29.1 Å². The van der Waals surface area contributed by atoms with E-state index in [1.165, 1.54) is 12.1 Å². The first kappa shape index (κ1) is 19.9. The second-order valence-corrected chi connectivity index (χ2v) is 9.67. The third kappa shape index (κ3) is 3.17. The molecule has 0 radical (unpaired) electrons. The molecule has 2 aliphatic rings. The average molecular weight is 392 g/mol. The van der Waals surface area contributed by atoms with Crippen molar-refractivity contribution < 1.29 is 27.3 Å². The molecule has 27 heavy (non-hydrogen) atoms. The maximum atomic E-state index is 12.9. The molecular weight excluding hydrogens is 368 g/mol. The van der Waals surface area contributed by atoms with Crippen LogP contribution in [0.5, 0.6) is 0 Å². The Kier molecular flexibility index (Phi) is 4.91. The summed E-state index contributed by atoms with van der Waals surface area (Å²) in [4.78, 5) is 23.8. The Labute approximate surface area is 159 Å². The van der Waals surface area contributed by atoms with Crippen LogP contribution in [-0.2, 0) is 23.9 Å². The molecule has 2 unspecified atom stereocenters. The molecule has 0 aromatic heterocycles. The minimum atomic E-state index is -4.08. The zero-order valence-corrected chi connectivity index (χ0v) is 16.5. The van der Waals surface area contributed by atoms with E-state index in [9.17, 15) is 18.0 Å². The number of Topliss-reactive ketones (excluding diaryl/α,β-unsaturated/α-hetero) is 2. The number of aliphatic hydroxyl groups excluding tert-OH is 1. The molecule has 2 atom stereocenters. The number of fused-ring (bicyclic) bond motifs is 2. The zero-order valence-electron chi connectivity index (χ0n) is 15.7. The summed E-state index contributed by atoms with van der Waals surface area (Å²) in [5, 5.41) is 8.64. The Morgan fingerprint density at radius 3 is 2.41 bits per heavy atom. The van der Waals surface area contributed by atoms with Gasteiger partial charge in [-0.25, -0.2) is 0 Å². The van der Waals surface area contributed by atoms with E-state index in [4.69, 9.17) is 5.11 Å². The van der Waals surface area contributed by atoms with Gasteiger partial charge in [0.2, 0.25) is 0 Å². The molecule has 0 amide bonds. The summed E-state index contributed by atoms with van der Waals surface area (Å²) >= 11 is 0. The van der Waals surface area contributed by atoms with Crippen LogP contribution in [0.15, 0.2) is 34.7 Å². The second kappa shape index (κ2) is 6.65. The van der Waals surface area contributed by atoms with Crippen LogP contribution in [-0.4, -0.2) is 38.3 Å². The fourth-order valence-electron chi connectivity index (χ4n) is 4.26. The van der Waals surface area contributed by atoms with Crippen molar-refractivity contribution >= 4 is 27.8 Å². The highest BCUT2D eigenvalue weighted by atomic mass is 32.2. The molecule has 2 aliphatic carbocycles. The van der Waals surface area contributed by atoms with Crippen molar-refractivity contribution in [2.24, 2.45) is 16.7 Å². The molecule has 2 saturated carbocycles. The van der Waals surface area contributed by atoms with Crippen LogP contribution in [0.25, 0.3) is 6.08 Å². The van der Waals surface area contributed by atoms with E-state index in [2.05, 4.69) is 18.0 Å². The summed E-state index contributed by atoms with van der Waals surface area (Å²) in [7, 11) is -4.08. The molecule has 0 aliphatic heterocycles. The average Bonchev–Trinajstić information content (AvgIpc) is 2.94. The monoisotopic (exact) mass is 392 g/mol. The van der Waals surface area contributed by atoms with Gasteiger partial charge in [-0.05, 0) is 53.5 Å². The molecule has 0 heterocycles. The molecule has 2 fully saturated rings. The maximum absolute atomic E-state index is 12.9. The van der Waals surface area contributed by atoms with Gasteiger partial charge in [-0.3, -0.25) is 13.8 Å². The van der Waals surface area contributed by atoms with Crippen LogP contribution < -0.4 is 0 Å². The lowest BCUT2D eigenvalue weighted by Gasteiger charge is -2.31. The van der Waals surface area contributed by atoms with Gasteiger partial charge in [0.05, 0.1) is 4.90 Å². The minimum Gasteiger partial charge on any atom is -0.388 e. The van der Waals surface area contributed by atoms with Gasteiger partial charge in [-0.15, -0.1) is 0 Å². The molecule has 6 nitrogen and oxygen atoms in total. The first-order valence-corrected chi connectivity index (χ1v) is 10.3. The predicted octanol–water partition coefficient (Wildman–Crippen LogP) is 2.36. The van der Waals surface area contributed by atoms with Gasteiger partial charge in [0.25, 0.3) is 10.1 Å². The first-order valence-electron chi connectivity index (χ1n) is 8.91. The van der Waals surface area contributed by atoms with Gasteiger partial charge in [0.1, 0.15) is 13.2 Å². The number of benzene rings is 1. The Balaban J connectivity index is 1.82. The summed E-state index contributed by atoms with van der Waals surface area (Å²) < 4.78 is 28.8. The highest BCUT2D eigenvalue weighted by Crippen LogP contribution is 2.65. The standard InChI is InChI=1S/C20H24O6S/c1-19(2)17-8-9-20(19,3)18(23)16(17)10-13-4-6-15(7-5-13)27(24,25)26-12-14(22)11-21/h4-7,10,17,21H,8-9,11-12H2,1-3H3. The number of carbonyl (C=O) groups is 2. The van der Waals surface area contributed by atoms with Crippen LogP contribution >= 0.6 is 0 Å². The van der Waals surface area contributed by atoms with E-state index in [1.807, 2.05) is 13.0 Å². The SMILES string of the molecule is CC12CCC(C(=Cc3ccc(S(=O)(=O)OCC(=O)CO)cc3)C1=O)C2(C)C. The van der Waals surface area contributed by atoms with Gasteiger partial charge in [0.15, 0.2) is 11.6 Å². The smallest absolute Gasteiger partial charge is 0.297 e. The number of hydrogen-bond donors (Lipinski definition) is 1. The van der Waals surface area contributed by atoms with E-state index in [1.54, 1.807) is 12.1 Å². The highest BCUT2D eigenvalue weighted by Gasteiger charge is 2.63. The van der Waals surface area contributed by atoms with E-state index in [0.717, 1.165) is 24.0 Å². The van der Waals surface area contributed by atoms with Gasteiger partial charge in [0, 0.05) is 5.41 Å². The van der Waals surface area contributed by atoms with Gasteiger partial charge in [-0.1, -0.05) is 32.9 Å². The molecular formula is C20H24O6S. The van der Waals surface area contributed by atoms with Gasteiger partial charge < -0.3 is 5.11 Å². The fourth-order valence-corrected chi connectivity index (χ4v) is 5.15. The molecule has 1 N–H and O–H groups in total. The van der Waals surface area contributed by atoms with Crippen LogP contribution in [0.4, 0.5) is 0 Å². The predicted molar refractivity (Wildman–Crippen MR) is 99.3 cm³/mol. The van der Waals surface area contributed by atoms with Crippen molar-refractivity contribution in [1.29, 1.82) is 0 Å². The van der Waals surface area contributed by atoms with Gasteiger partial charge >= 0.3 is 0 Å². The van der Waals surface area contributed by atoms with Crippen molar-refractivity contribution in [2.75, 3.05) is 13.2 Å². The number of aliphatic hydroxyl groups is 1. The fraction of sp³-hybridized carbons (Fsp3) is 0.500. The minimum absolute atomic E-state index is 0.0771. The third-order valence-corrected chi connectivity index (χ3v) is 7.69. The van der Waals surface area contributed by atoms with Gasteiger partial charge in [-0.2, -0.15) is 8.42 Å². The van der Waals surface area contributed by atoms with Crippen LogP contribution in [0.3, 0.4) is 0 Å². The van der Waals surface area contributed by atoms with Crippen molar-refractivity contribution in [1.82, 2.24) is 0 Å². The number of ketones is 2. The first-order chi connectivity index (χ1) is 12.5. The largest absolute Gasteiger partial charge is 0.388 e. The maximum Gasteiger partial charge on any atom is 0.297 e. The molecule has 0 saturated heterocycles. The highest BCUT2D eigenvalue weighted by molar-refractivity contribution is 7.86. The number of carbonyl (C=O) groups excluding carboxylic acids is 2. The van der Waals surface area contributed by atoms with Crippen LogP contribution in [0.2, 0.25) is 0 Å². The molecule has 1 aromatic rings. The molecule has 146 valence electrons. The molecule has 3 rings (SSSR count). The van der Waals surface area contributed by atoms with E-state index in [0.29, 0.717) is 0 Å². The molecule has 0 spiro atoms. The second-order valence-electron chi connectivity index (χ2n) is 8.06. The summed E-state index contributed by atoms with van der Waals surface area (Å²) in [5.41, 5.74) is 1.15. The van der Waals surface area contributed by atoms with Crippen molar-refractivity contribution in [3.8, 4) is 0 Å². The number of rotatable bonds is 6. The summed E-state index contributed by atoms with van der Waals surface area (Å²) in [6.07, 6.45) is 3.74. The van der Waals surface area contributed by atoms with Crippen LogP contribution in [0.1, 0.15) is 39.2 Å². The van der Waals surface area contributed by atoms with E-state index in [-0.39, 0.29) is 27.4 Å². The third-order valence-electron chi connectivity index (χ3n) is 6.41. The van der Waals surface area contributed by atoms with Crippen molar-refractivity contribution in [3.63, 3.8) is 0 Å². The number of hydrogen-bond acceptors (Lipinski definition) is 6. The Hall–Kier alpha value is -1.83. The number of allylic oxidation sites excluding steroid dienone is 1. The Morgan fingerprint density at radius 2 is 1.89 bits per heavy atom. The zero-order chi connectivity index (χ0) is 20.0. The lowest BCUT2D eigenvalue weighted by atomic mass is 9.70. The van der Waals surface area contributed by atoms with Crippen molar-refractivity contribution in [2.45, 2.75) is 38.5 Å².